The van der Waals surface area contributed by atoms with Gasteiger partial charge in [-0.3, -0.25) is 9.48 Å². The van der Waals surface area contributed by atoms with Crippen LogP contribution in [0.4, 0.5) is 5.69 Å². The summed E-state index contributed by atoms with van der Waals surface area (Å²) in [6, 6.07) is 15.0. The van der Waals surface area contributed by atoms with Gasteiger partial charge in [-0.2, -0.15) is 5.10 Å². The molecule has 6 heteroatoms. The molecule has 1 N–H and O–H groups in total. The van der Waals surface area contributed by atoms with Crippen molar-refractivity contribution in [1.82, 2.24) is 9.78 Å². The van der Waals surface area contributed by atoms with Crippen LogP contribution in [0.25, 0.3) is 0 Å². The highest BCUT2D eigenvalue weighted by Gasteiger charge is 2.07. The first kappa shape index (κ1) is 17.0. The van der Waals surface area contributed by atoms with Gasteiger partial charge in [0, 0.05) is 11.2 Å². The van der Waals surface area contributed by atoms with Crippen molar-refractivity contribution in [2.24, 2.45) is 0 Å². The number of nitrogens with zero attached hydrogens (tertiary/aromatic N) is 2. The Kier molecular flexibility index (Phi) is 5.36. The molecule has 0 aliphatic rings. The first-order chi connectivity index (χ1) is 12.1. The highest BCUT2D eigenvalue weighted by atomic mass is 35.5. The van der Waals surface area contributed by atoms with Gasteiger partial charge in [-0.1, -0.05) is 35.9 Å². The van der Waals surface area contributed by atoms with Crippen molar-refractivity contribution in [2.75, 3.05) is 11.9 Å². The molecular weight excluding hydrogens is 338 g/mol. The number of rotatable bonds is 6. The van der Waals surface area contributed by atoms with Crippen LogP contribution in [0, 0.1) is 6.92 Å². The minimum atomic E-state index is -0.245. The first-order valence-electron chi connectivity index (χ1n) is 7.85. The van der Waals surface area contributed by atoms with Gasteiger partial charge >= 0.3 is 0 Å². The molecular formula is C19H18ClN3O2. The Balaban J connectivity index is 1.53. The molecule has 0 fully saturated rings. The van der Waals surface area contributed by atoms with E-state index in [9.17, 15) is 4.79 Å². The van der Waals surface area contributed by atoms with E-state index in [1.807, 2.05) is 12.1 Å². The van der Waals surface area contributed by atoms with Gasteiger partial charge in [0.05, 0.1) is 18.4 Å². The van der Waals surface area contributed by atoms with Crippen LogP contribution in [-0.2, 0) is 11.3 Å². The van der Waals surface area contributed by atoms with E-state index in [2.05, 4.69) is 29.5 Å². The molecule has 0 atom stereocenters. The van der Waals surface area contributed by atoms with Crippen molar-refractivity contribution in [2.45, 2.75) is 13.5 Å². The average Bonchev–Trinajstić information content (AvgIpc) is 3.03. The molecule has 0 bridgehead atoms. The Hall–Kier alpha value is -2.79. The van der Waals surface area contributed by atoms with Crippen molar-refractivity contribution in [1.29, 1.82) is 0 Å². The quantitative estimate of drug-likeness (QED) is 0.729. The van der Waals surface area contributed by atoms with Crippen LogP contribution >= 0.6 is 11.6 Å². The molecule has 0 saturated carbocycles. The van der Waals surface area contributed by atoms with Crippen LogP contribution in [0.1, 0.15) is 11.1 Å². The third-order valence-electron chi connectivity index (χ3n) is 3.69. The molecule has 25 heavy (non-hydrogen) atoms. The van der Waals surface area contributed by atoms with Gasteiger partial charge in [0.2, 0.25) is 0 Å². The van der Waals surface area contributed by atoms with Gasteiger partial charge in [0.1, 0.15) is 5.75 Å². The number of aryl methyl sites for hydroxylation is 1. The van der Waals surface area contributed by atoms with Crippen molar-refractivity contribution in [3.63, 3.8) is 0 Å². The molecule has 5 nitrogen and oxygen atoms in total. The average molecular weight is 356 g/mol. The minimum absolute atomic E-state index is 0.0788. The molecule has 1 heterocycles. The standard InChI is InChI=1S/C19H18ClN3O2/c1-14-4-2-3-5-15(14)11-23-12-17(10-21-23)22-19(24)13-25-18-8-6-16(20)7-9-18/h2-10,12H,11,13H2,1H3,(H,22,24). The van der Waals surface area contributed by atoms with E-state index in [1.54, 1.807) is 41.3 Å². The van der Waals surface area contributed by atoms with Crippen LogP contribution in [0.2, 0.25) is 5.02 Å². The lowest BCUT2D eigenvalue weighted by atomic mass is 10.1. The fourth-order valence-corrected chi connectivity index (χ4v) is 2.48. The summed E-state index contributed by atoms with van der Waals surface area (Å²) in [5.41, 5.74) is 3.03. The highest BCUT2D eigenvalue weighted by molar-refractivity contribution is 6.30. The fraction of sp³-hybridized carbons (Fsp3) is 0.158. The van der Waals surface area contributed by atoms with Crippen molar-refractivity contribution in [3.05, 3.63) is 77.1 Å². The summed E-state index contributed by atoms with van der Waals surface area (Å²) in [6.45, 7) is 2.64. The summed E-state index contributed by atoms with van der Waals surface area (Å²) in [7, 11) is 0. The lowest BCUT2D eigenvalue weighted by Gasteiger charge is -2.06. The molecule has 0 aliphatic heterocycles. The van der Waals surface area contributed by atoms with E-state index < -0.39 is 0 Å². The monoisotopic (exact) mass is 355 g/mol. The number of anilines is 1. The van der Waals surface area contributed by atoms with Crippen LogP contribution < -0.4 is 10.1 Å². The maximum absolute atomic E-state index is 12.0. The fourth-order valence-electron chi connectivity index (χ4n) is 2.35. The second-order valence-corrected chi connectivity index (χ2v) is 6.08. The van der Waals surface area contributed by atoms with Crippen LogP contribution in [0.3, 0.4) is 0 Å². The van der Waals surface area contributed by atoms with Gasteiger partial charge in [-0.25, -0.2) is 0 Å². The predicted molar refractivity (Wildman–Crippen MR) is 98.1 cm³/mol. The van der Waals surface area contributed by atoms with Gasteiger partial charge in [-0.05, 0) is 42.3 Å². The molecule has 0 aliphatic carbocycles. The van der Waals surface area contributed by atoms with Crippen molar-refractivity contribution >= 4 is 23.2 Å². The zero-order valence-electron chi connectivity index (χ0n) is 13.8. The number of benzene rings is 2. The number of hydrogen-bond acceptors (Lipinski definition) is 3. The summed E-state index contributed by atoms with van der Waals surface area (Å²) < 4.78 is 7.20. The first-order valence-corrected chi connectivity index (χ1v) is 8.23. The lowest BCUT2D eigenvalue weighted by Crippen LogP contribution is -2.19. The molecule has 128 valence electrons. The summed E-state index contributed by atoms with van der Waals surface area (Å²) in [5.74, 6) is 0.347. The number of nitrogens with one attached hydrogen (secondary N) is 1. The number of hydrogen-bond donors (Lipinski definition) is 1. The second kappa shape index (κ2) is 7.85. The Labute approximate surface area is 151 Å². The number of amides is 1. The number of carbonyl (C=O) groups is 1. The van der Waals surface area contributed by atoms with Crippen LogP contribution in [0.5, 0.6) is 5.75 Å². The Morgan fingerprint density at radius 2 is 1.96 bits per heavy atom. The summed E-state index contributed by atoms with van der Waals surface area (Å²) in [5, 5.41) is 7.67. The number of ether oxygens (including phenoxy) is 1. The highest BCUT2D eigenvalue weighted by Crippen LogP contribution is 2.15. The maximum Gasteiger partial charge on any atom is 0.262 e. The van der Waals surface area contributed by atoms with Crippen molar-refractivity contribution < 1.29 is 9.53 Å². The Bertz CT molecular complexity index is 859. The van der Waals surface area contributed by atoms with E-state index >= 15 is 0 Å². The molecule has 3 rings (SSSR count). The summed E-state index contributed by atoms with van der Waals surface area (Å²) in [4.78, 5) is 12.0. The zero-order valence-corrected chi connectivity index (χ0v) is 14.5. The second-order valence-electron chi connectivity index (χ2n) is 5.64. The van der Waals surface area contributed by atoms with Gasteiger partial charge < -0.3 is 10.1 Å². The molecule has 0 unspecified atom stereocenters. The topological polar surface area (TPSA) is 56.2 Å². The third kappa shape index (κ3) is 4.84. The Morgan fingerprint density at radius 3 is 2.72 bits per heavy atom. The number of halogens is 1. The maximum atomic E-state index is 12.0. The molecule has 2 aromatic carbocycles. The van der Waals surface area contributed by atoms with E-state index in [0.29, 0.717) is 23.0 Å². The molecule has 1 aromatic heterocycles. The number of carbonyl (C=O) groups excluding carboxylic acids is 1. The molecule has 0 radical (unpaired) electrons. The van der Waals surface area contributed by atoms with E-state index in [-0.39, 0.29) is 12.5 Å². The van der Waals surface area contributed by atoms with Crippen LogP contribution in [-0.4, -0.2) is 22.3 Å². The summed E-state index contributed by atoms with van der Waals surface area (Å²) in [6.07, 6.45) is 3.42. The van der Waals surface area contributed by atoms with Gasteiger partial charge in [0.25, 0.3) is 5.91 Å². The van der Waals surface area contributed by atoms with E-state index in [1.165, 1.54) is 11.1 Å². The van der Waals surface area contributed by atoms with Gasteiger partial charge in [-0.15, -0.1) is 0 Å². The smallest absolute Gasteiger partial charge is 0.262 e. The molecule has 0 spiro atoms. The van der Waals surface area contributed by atoms with E-state index in [4.69, 9.17) is 16.3 Å². The normalized spacial score (nSPS) is 10.5. The number of aromatic nitrogens is 2. The minimum Gasteiger partial charge on any atom is -0.484 e. The lowest BCUT2D eigenvalue weighted by molar-refractivity contribution is -0.118. The predicted octanol–water partition coefficient (Wildman–Crippen LogP) is 3.91. The molecule has 0 saturated heterocycles. The largest absolute Gasteiger partial charge is 0.484 e. The molecule has 3 aromatic rings. The third-order valence-corrected chi connectivity index (χ3v) is 3.95. The molecule has 1 amide bonds. The van der Waals surface area contributed by atoms with E-state index in [0.717, 1.165) is 0 Å². The zero-order chi connectivity index (χ0) is 17.6. The van der Waals surface area contributed by atoms with Crippen LogP contribution in [0.15, 0.2) is 60.9 Å². The Morgan fingerprint density at radius 1 is 1.20 bits per heavy atom. The SMILES string of the molecule is Cc1ccccc1Cn1cc(NC(=O)COc2ccc(Cl)cc2)cn1. The van der Waals surface area contributed by atoms with Crippen molar-refractivity contribution in [3.8, 4) is 5.75 Å². The van der Waals surface area contributed by atoms with Gasteiger partial charge in [0.15, 0.2) is 6.61 Å². The summed E-state index contributed by atoms with van der Waals surface area (Å²) >= 11 is 5.81.